The van der Waals surface area contributed by atoms with Crippen LogP contribution in [0.5, 0.6) is 0 Å². The number of hydrogen-bond acceptors (Lipinski definition) is 2. The molecule has 2 nitrogen and oxygen atoms in total. The van der Waals surface area contributed by atoms with Gasteiger partial charge in [0.15, 0.2) is 0 Å². The molecule has 15 heavy (non-hydrogen) atoms. The first-order chi connectivity index (χ1) is 6.61. The zero-order valence-electron chi connectivity index (χ0n) is 11.8. The van der Waals surface area contributed by atoms with Crippen molar-refractivity contribution in [2.75, 3.05) is 13.7 Å². The molecular weight excluding hydrogens is 186 g/mol. The molecule has 0 aromatic carbocycles. The summed E-state index contributed by atoms with van der Waals surface area (Å²) in [6.45, 7) is 16.3. The molecule has 0 fully saturated rings. The second kappa shape index (κ2) is 5.31. The maximum Gasteiger partial charge on any atom is 0.0595 e. The summed E-state index contributed by atoms with van der Waals surface area (Å²) in [7, 11) is 2.00. The lowest BCUT2D eigenvalue weighted by atomic mass is 9.85. The normalized spacial score (nSPS) is 17.6. The molecule has 0 spiro atoms. The molecule has 0 saturated carbocycles. The third-order valence-corrected chi connectivity index (χ3v) is 3.53. The van der Waals surface area contributed by atoms with Crippen molar-refractivity contribution < 1.29 is 4.74 Å². The lowest BCUT2D eigenvalue weighted by molar-refractivity contribution is -0.0472. The van der Waals surface area contributed by atoms with E-state index in [-0.39, 0.29) is 10.8 Å². The Morgan fingerprint density at radius 1 is 1.07 bits per heavy atom. The van der Waals surface area contributed by atoms with Gasteiger partial charge in [-0.1, -0.05) is 34.6 Å². The molecule has 0 aliphatic carbocycles. The highest BCUT2D eigenvalue weighted by Gasteiger charge is 2.28. The Morgan fingerprint density at radius 2 is 1.53 bits per heavy atom. The fourth-order valence-corrected chi connectivity index (χ4v) is 1.11. The van der Waals surface area contributed by atoms with Gasteiger partial charge in [-0.15, -0.1) is 0 Å². The van der Waals surface area contributed by atoms with Crippen LogP contribution in [0, 0.1) is 10.8 Å². The van der Waals surface area contributed by atoms with Crippen LogP contribution >= 0.6 is 0 Å². The van der Waals surface area contributed by atoms with Crippen LogP contribution in [0.15, 0.2) is 0 Å². The van der Waals surface area contributed by atoms with E-state index in [1.165, 1.54) is 0 Å². The third-order valence-electron chi connectivity index (χ3n) is 3.53. The van der Waals surface area contributed by atoms with E-state index in [9.17, 15) is 0 Å². The van der Waals surface area contributed by atoms with Crippen LogP contribution in [-0.2, 0) is 4.74 Å². The van der Waals surface area contributed by atoms with E-state index in [0.717, 1.165) is 6.61 Å². The Labute approximate surface area is 95.8 Å². The van der Waals surface area contributed by atoms with Gasteiger partial charge in [-0.25, -0.2) is 0 Å². The molecule has 0 bridgehead atoms. The van der Waals surface area contributed by atoms with Crippen molar-refractivity contribution >= 4 is 0 Å². The quantitative estimate of drug-likeness (QED) is 0.761. The number of ether oxygens (including phenoxy) is 1. The first-order valence-corrected chi connectivity index (χ1v) is 5.90. The van der Waals surface area contributed by atoms with Crippen LogP contribution in [0.2, 0.25) is 0 Å². The molecule has 2 heteroatoms. The van der Waals surface area contributed by atoms with Crippen LogP contribution in [0.4, 0.5) is 0 Å². The summed E-state index contributed by atoms with van der Waals surface area (Å²) in [6, 6.07) is 0.463. The van der Waals surface area contributed by atoms with Gasteiger partial charge in [-0.2, -0.15) is 0 Å². The molecule has 0 saturated heterocycles. The van der Waals surface area contributed by atoms with E-state index in [4.69, 9.17) is 4.74 Å². The fourth-order valence-electron chi connectivity index (χ4n) is 1.11. The first-order valence-electron chi connectivity index (χ1n) is 5.90. The molecule has 0 radical (unpaired) electrons. The molecule has 0 heterocycles. The van der Waals surface area contributed by atoms with Gasteiger partial charge >= 0.3 is 0 Å². The number of rotatable bonds is 5. The van der Waals surface area contributed by atoms with Gasteiger partial charge in [0.25, 0.3) is 0 Å². The van der Waals surface area contributed by atoms with E-state index in [2.05, 4.69) is 53.8 Å². The predicted octanol–water partition coefficient (Wildman–Crippen LogP) is 3.07. The zero-order chi connectivity index (χ0) is 12.3. The number of nitrogens with one attached hydrogen (secondary N) is 1. The summed E-state index contributed by atoms with van der Waals surface area (Å²) in [5.41, 5.74) is 0.396. The molecule has 0 amide bonds. The van der Waals surface area contributed by atoms with Crippen LogP contribution in [-0.4, -0.2) is 25.8 Å². The predicted molar refractivity (Wildman–Crippen MR) is 67.2 cm³/mol. The van der Waals surface area contributed by atoms with Crippen molar-refractivity contribution in [1.82, 2.24) is 5.32 Å². The zero-order valence-corrected chi connectivity index (χ0v) is 11.8. The monoisotopic (exact) mass is 215 g/mol. The molecule has 0 aromatic heterocycles. The summed E-state index contributed by atoms with van der Waals surface area (Å²) in [6.07, 6.45) is 0.292. The van der Waals surface area contributed by atoms with E-state index in [0.29, 0.717) is 12.1 Å². The topological polar surface area (TPSA) is 21.3 Å². The molecule has 0 rings (SSSR count). The average molecular weight is 215 g/mol. The smallest absolute Gasteiger partial charge is 0.0595 e. The van der Waals surface area contributed by atoms with Gasteiger partial charge in [0.1, 0.15) is 0 Å². The van der Waals surface area contributed by atoms with Crippen molar-refractivity contribution in [3.8, 4) is 0 Å². The minimum absolute atomic E-state index is 0.175. The van der Waals surface area contributed by atoms with Crippen LogP contribution in [0.25, 0.3) is 0 Å². The second-order valence-electron chi connectivity index (χ2n) is 6.32. The lowest BCUT2D eigenvalue weighted by Gasteiger charge is -2.35. The van der Waals surface area contributed by atoms with Crippen molar-refractivity contribution in [1.29, 1.82) is 0 Å². The van der Waals surface area contributed by atoms with E-state index < -0.39 is 0 Å². The van der Waals surface area contributed by atoms with Gasteiger partial charge in [0.05, 0.1) is 12.7 Å². The SMILES string of the molecule is CNC(C)C(C)(C)COC(C)C(C)(C)C. The van der Waals surface area contributed by atoms with E-state index >= 15 is 0 Å². The minimum atomic E-state index is 0.175. The standard InChI is InChI=1S/C13H29NO/c1-10(14-8)13(6,7)9-15-11(2)12(3,4)5/h10-11,14H,9H2,1-8H3. The van der Waals surface area contributed by atoms with E-state index in [1.807, 2.05) is 7.05 Å². The van der Waals surface area contributed by atoms with Crippen molar-refractivity contribution in [3.63, 3.8) is 0 Å². The number of hydrogen-bond donors (Lipinski definition) is 1. The van der Waals surface area contributed by atoms with Gasteiger partial charge in [0, 0.05) is 11.5 Å². The summed E-state index contributed by atoms with van der Waals surface area (Å²) >= 11 is 0. The molecule has 0 aliphatic heterocycles. The fraction of sp³-hybridized carbons (Fsp3) is 1.00. The Kier molecular flexibility index (Phi) is 5.28. The Morgan fingerprint density at radius 3 is 1.87 bits per heavy atom. The lowest BCUT2D eigenvalue weighted by Crippen LogP contribution is -2.42. The van der Waals surface area contributed by atoms with Crippen LogP contribution < -0.4 is 5.32 Å². The Bertz CT molecular complexity index is 181. The largest absolute Gasteiger partial charge is 0.377 e. The van der Waals surface area contributed by atoms with Gasteiger partial charge < -0.3 is 10.1 Å². The van der Waals surface area contributed by atoms with Gasteiger partial charge in [-0.3, -0.25) is 0 Å². The second-order valence-corrected chi connectivity index (χ2v) is 6.32. The Hall–Kier alpha value is -0.0800. The molecule has 2 unspecified atom stereocenters. The van der Waals surface area contributed by atoms with Gasteiger partial charge in [-0.05, 0) is 26.3 Å². The maximum atomic E-state index is 5.95. The third kappa shape index (κ3) is 4.98. The molecular formula is C13H29NO. The highest BCUT2D eigenvalue weighted by Crippen LogP contribution is 2.26. The Balaban J connectivity index is 4.15. The van der Waals surface area contributed by atoms with Crippen molar-refractivity contribution in [2.45, 2.75) is 60.6 Å². The first kappa shape index (κ1) is 14.9. The van der Waals surface area contributed by atoms with Crippen molar-refractivity contribution in [2.24, 2.45) is 10.8 Å². The maximum absolute atomic E-state index is 5.95. The molecule has 92 valence electrons. The summed E-state index contributed by atoms with van der Waals surface area (Å²) in [4.78, 5) is 0. The molecule has 1 N–H and O–H groups in total. The summed E-state index contributed by atoms with van der Waals surface area (Å²) in [5.74, 6) is 0. The van der Waals surface area contributed by atoms with Crippen LogP contribution in [0.3, 0.4) is 0 Å². The summed E-state index contributed by atoms with van der Waals surface area (Å²) in [5, 5.41) is 3.29. The van der Waals surface area contributed by atoms with E-state index in [1.54, 1.807) is 0 Å². The molecule has 0 aromatic rings. The molecule has 2 atom stereocenters. The van der Waals surface area contributed by atoms with Crippen LogP contribution in [0.1, 0.15) is 48.5 Å². The van der Waals surface area contributed by atoms with Gasteiger partial charge in [0.2, 0.25) is 0 Å². The minimum Gasteiger partial charge on any atom is -0.377 e. The highest BCUT2D eigenvalue weighted by molar-refractivity contribution is 4.80. The molecule has 0 aliphatic rings. The van der Waals surface area contributed by atoms with Crippen molar-refractivity contribution in [3.05, 3.63) is 0 Å². The average Bonchev–Trinajstić information content (AvgIpc) is 2.11. The summed E-state index contributed by atoms with van der Waals surface area (Å²) < 4.78 is 5.95. The highest BCUT2D eigenvalue weighted by atomic mass is 16.5.